The van der Waals surface area contributed by atoms with Gasteiger partial charge in [0.15, 0.2) is 0 Å². The highest BCUT2D eigenvalue weighted by molar-refractivity contribution is 5.48. The Bertz CT molecular complexity index is 440. The third-order valence-electron chi connectivity index (χ3n) is 4.82. The summed E-state index contributed by atoms with van der Waals surface area (Å²) in [5.74, 6) is 0. The molecule has 2 saturated heterocycles. The van der Waals surface area contributed by atoms with Gasteiger partial charge in [-0.1, -0.05) is 26.0 Å². The highest BCUT2D eigenvalue weighted by atomic mass is 15.3. The fraction of sp³-hybridized carbons (Fsp3) is 0.667. The molecule has 2 aliphatic heterocycles. The zero-order valence-electron chi connectivity index (χ0n) is 13.5. The molecule has 2 fully saturated rings. The lowest BCUT2D eigenvalue weighted by molar-refractivity contribution is 0.273. The molecule has 0 spiro atoms. The van der Waals surface area contributed by atoms with E-state index in [0.29, 0.717) is 6.04 Å². The van der Waals surface area contributed by atoms with Gasteiger partial charge in [-0.3, -0.25) is 4.90 Å². The maximum Gasteiger partial charge on any atom is 0.0366 e. The second kappa shape index (κ2) is 6.80. The monoisotopic (exact) mass is 287 g/mol. The van der Waals surface area contributed by atoms with Crippen molar-refractivity contribution >= 4 is 5.69 Å². The van der Waals surface area contributed by atoms with Crippen LogP contribution in [-0.4, -0.2) is 43.2 Å². The van der Waals surface area contributed by atoms with Crippen LogP contribution in [0.5, 0.6) is 0 Å². The van der Waals surface area contributed by atoms with Gasteiger partial charge in [-0.25, -0.2) is 0 Å². The first-order valence-corrected chi connectivity index (χ1v) is 8.54. The highest BCUT2D eigenvalue weighted by Crippen LogP contribution is 2.25. The lowest BCUT2D eigenvalue weighted by Gasteiger charge is -2.27. The first kappa shape index (κ1) is 14.9. The van der Waals surface area contributed by atoms with Gasteiger partial charge in [0.2, 0.25) is 0 Å². The zero-order valence-corrected chi connectivity index (χ0v) is 13.5. The Morgan fingerprint density at radius 1 is 1.10 bits per heavy atom. The molecule has 0 radical (unpaired) electrons. The maximum absolute atomic E-state index is 3.48. The molecule has 0 saturated carbocycles. The van der Waals surface area contributed by atoms with Gasteiger partial charge < -0.3 is 10.2 Å². The first-order valence-electron chi connectivity index (χ1n) is 8.54. The third kappa shape index (κ3) is 3.78. The molecule has 3 heteroatoms. The number of benzene rings is 1. The first-order chi connectivity index (χ1) is 10.2. The summed E-state index contributed by atoms with van der Waals surface area (Å²) in [6, 6.07) is 10.5. The summed E-state index contributed by atoms with van der Waals surface area (Å²) in [5, 5.41) is 3.48. The predicted octanol–water partition coefficient (Wildman–Crippen LogP) is 2.86. The number of fused-ring (bicyclic) bond motifs is 1. The van der Waals surface area contributed by atoms with Crippen molar-refractivity contribution in [2.75, 3.05) is 31.1 Å². The van der Waals surface area contributed by atoms with E-state index < -0.39 is 0 Å². The van der Waals surface area contributed by atoms with Gasteiger partial charge in [-0.05, 0) is 43.5 Å². The van der Waals surface area contributed by atoms with Crippen LogP contribution in [0.25, 0.3) is 0 Å². The maximum atomic E-state index is 3.48. The van der Waals surface area contributed by atoms with E-state index in [1.54, 1.807) is 0 Å². The molecule has 1 N–H and O–H groups in total. The van der Waals surface area contributed by atoms with Gasteiger partial charge in [-0.15, -0.1) is 0 Å². The predicted molar refractivity (Wildman–Crippen MR) is 89.8 cm³/mol. The van der Waals surface area contributed by atoms with Crippen molar-refractivity contribution in [1.82, 2.24) is 10.2 Å². The second-order valence-electron chi connectivity index (χ2n) is 6.83. The normalized spacial score (nSPS) is 23.4. The lowest BCUT2D eigenvalue weighted by atomic mass is 10.1. The molecule has 21 heavy (non-hydrogen) atoms. The van der Waals surface area contributed by atoms with Gasteiger partial charge in [0, 0.05) is 44.0 Å². The van der Waals surface area contributed by atoms with Crippen molar-refractivity contribution in [1.29, 1.82) is 0 Å². The molecule has 1 aromatic carbocycles. The van der Waals surface area contributed by atoms with E-state index in [2.05, 4.69) is 53.2 Å². The van der Waals surface area contributed by atoms with Gasteiger partial charge in [-0.2, -0.15) is 0 Å². The van der Waals surface area contributed by atoms with Crippen LogP contribution in [0, 0.1) is 0 Å². The summed E-state index contributed by atoms with van der Waals surface area (Å²) in [7, 11) is 0. The molecule has 3 rings (SSSR count). The molecule has 0 bridgehead atoms. The van der Waals surface area contributed by atoms with Crippen LogP contribution in [-0.2, 0) is 6.54 Å². The molecule has 2 heterocycles. The summed E-state index contributed by atoms with van der Waals surface area (Å²) in [6.07, 6.45) is 4.07. The molecule has 0 amide bonds. The zero-order chi connectivity index (χ0) is 14.7. The van der Waals surface area contributed by atoms with Crippen molar-refractivity contribution in [3.05, 3.63) is 29.8 Å². The minimum atomic E-state index is 0.545. The molecule has 1 unspecified atom stereocenters. The molecular weight excluding hydrogens is 258 g/mol. The average molecular weight is 287 g/mol. The van der Waals surface area contributed by atoms with Crippen molar-refractivity contribution in [2.45, 2.75) is 51.7 Å². The Hall–Kier alpha value is -1.06. The van der Waals surface area contributed by atoms with Crippen LogP contribution in [0.15, 0.2) is 24.3 Å². The fourth-order valence-electron chi connectivity index (χ4n) is 3.59. The summed E-state index contributed by atoms with van der Waals surface area (Å²) in [6.45, 7) is 10.4. The minimum absolute atomic E-state index is 0.545. The Kier molecular flexibility index (Phi) is 4.81. The highest BCUT2D eigenvalue weighted by Gasteiger charge is 2.28. The van der Waals surface area contributed by atoms with Crippen molar-refractivity contribution in [3.63, 3.8) is 0 Å². The van der Waals surface area contributed by atoms with E-state index in [4.69, 9.17) is 0 Å². The average Bonchev–Trinajstić information content (AvgIpc) is 2.83. The van der Waals surface area contributed by atoms with E-state index in [-0.39, 0.29) is 0 Å². The van der Waals surface area contributed by atoms with Gasteiger partial charge in [0.1, 0.15) is 0 Å². The van der Waals surface area contributed by atoms with Crippen LogP contribution in [0.3, 0.4) is 0 Å². The number of hydrogen-bond donors (Lipinski definition) is 1. The molecule has 0 aliphatic carbocycles. The Morgan fingerprint density at radius 3 is 2.62 bits per heavy atom. The smallest absolute Gasteiger partial charge is 0.0366 e. The van der Waals surface area contributed by atoms with Crippen LogP contribution in [0.1, 0.15) is 38.7 Å². The van der Waals surface area contributed by atoms with Crippen molar-refractivity contribution < 1.29 is 0 Å². The van der Waals surface area contributed by atoms with Crippen LogP contribution >= 0.6 is 0 Å². The van der Waals surface area contributed by atoms with E-state index in [0.717, 1.165) is 12.6 Å². The Balaban J connectivity index is 1.63. The number of nitrogens with one attached hydrogen (secondary N) is 1. The molecular formula is C18H29N3. The molecule has 1 aromatic rings. The van der Waals surface area contributed by atoms with Crippen LogP contribution < -0.4 is 10.2 Å². The quantitative estimate of drug-likeness (QED) is 0.918. The molecule has 2 aliphatic rings. The second-order valence-corrected chi connectivity index (χ2v) is 6.83. The van der Waals surface area contributed by atoms with Crippen molar-refractivity contribution in [3.8, 4) is 0 Å². The Morgan fingerprint density at radius 2 is 1.86 bits per heavy atom. The summed E-state index contributed by atoms with van der Waals surface area (Å²) < 4.78 is 0. The number of anilines is 1. The van der Waals surface area contributed by atoms with E-state index in [9.17, 15) is 0 Å². The SMILES string of the molecule is CC(C)NCc1ccc(N2CCCN3CCCC3C2)cc1. The number of nitrogens with zero attached hydrogens (tertiary/aromatic N) is 2. The standard InChI is InChI=1S/C18H29N3/c1-15(2)19-13-16-6-8-17(9-7-16)21-12-4-11-20-10-3-5-18(20)14-21/h6-9,15,18-19H,3-5,10-14H2,1-2H3. The van der Waals surface area contributed by atoms with Crippen LogP contribution in [0.2, 0.25) is 0 Å². The topological polar surface area (TPSA) is 18.5 Å². The number of hydrogen-bond acceptors (Lipinski definition) is 3. The largest absolute Gasteiger partial charge is 0.370 e. The summed E-state index contributed by atoms with van der Waals surface area (Å²) in [4.78, 5) is 5.29. The molecule has 3 nitrogen and oxygen atoms in total. The van der Waals surface area contributed by atoms with E-state index in [1.165, 1.54) is 56.7 Å². The minimum Gasteiger partial charge on any atom is -0.370 e. The van der Waals surface area contributed by atoms with E-state index in [1.807, 2.05) is 0 Å². The van der Waals surface area contributed by atoms with Crippen molar-refractivity contribution in [2.24, 2.45) is 0 Å². The molecule has 1 atom stereocenters. The van der Waals surface area contributed by atoms with E-state index >= 15 is 0 Å². The third-order valence-corrected chi connectivity index (χ3v) is 4.82. The number of rotatable bonds is 4. The fourth-order valence-corrected chi connectivity index (χ4v) is 3.59. The van der Waals surface area contributed by atoms with Crippen LogP contribution in [0.4, 0.5) is 5.69 Å². The summed E-state index contributed by atoms with van der Waals surface area (Å²) >= 11 is 0. The van der Waals surface area contributed by atoms with Gasteiger partial charge in [0.05, 0.1) is 0 Å². The lowest BCUT2D eigenvalue weighted by Crippen LogP contribution is -2.36. The molecule has 116 valence electrons. The molecule has 0 aromatic heterocycles. The van der Waals surface area contributed by atoms with Gasteiger partial charge >= 0.3 is 0 Å². The Labute approximate surface area is 129 Å². The van der Waals surface area contributed by atoms with Gasteiger partial charge in [0.25, 0.3) is 0 Å². The summed E-state index contributed by atoms with van der Waals surface area (Å²) in [5.41, 5.74) is 2.78.